The fourth-order valence-corrected chi connectivity index (χ4v) is 3.83. The van der Waals surface area contributed by atoms with Gasteiger partial charge in [0.2, 0.25) is 5.95 Å². The molecule has 2 aliphatic heterocycles. The van der Waals surface area contributed by atoms with Crippen LogP contribution in [0.4, 0.5) is 11.8 Å². The summed E-state index contributed by atoms with van der Waals surface area (Å²) in [5, 5.41) is 3.43. The average molecular weight is 368 g/mol. The zero-order chi connectivity index (χ0) is 18.5. The van der Waals surface area contributed by atoms with E-state index in [2.05, 4.69) is 31.2 Å². The van der Waals surface area contributed by atoms with Gasteiger partial charge in [0.15, 0.2) is 0 Å². The molecular formula is C20H28N6O. The van der Waals surface area contributed by atoms with Crippen LogP contribution in [0, 0.1) is 6.92 Å². The molecule has 2 aromatic rings. The van der Waals surface area contributed by atoms with E-state index in [-0.39, 0.29) is 0 Å². The van der Waals surface area contributed by atoms with E-state index < -0.39 is 0 Å². The van der Waals surface area contributed by atoms with Gasteiger partial charge in [-0.05, 0) is 31.4 Å². The minimum absolute atomic E-state index is 0.666. The van der Waals surface area contributed by atoms with Gasteiger partial charge in [0.05, 0.1) is 13.2 Å². The number of hydrogen-bond acceptors (Lipinski definition) is 7. The molecule has 1 N–H and O–H groups in total. The van der Waals surface area contributed by atoms with Crippen molar-refractivity contribution in [2.75, 3.05) is 49.6 Å². The fraction of sp³-hybridized carbons (Fsp3) is 0.550. The van der Waals surface area contributed by atoms with Crippen LogP contribution in [0.1, 0.15) is 24.0 Å². The molecule has 0 aromatic carbocycles. The number of aromatic nitrogens is 3. The zero-order valence-electron chi connectivity index (χ0n) is 16.0. The van der Waals surface area contributed by atoms with Crippen molar-refractivity contribution < 1.29 is 4.74 Å². The molecule has 0 atom stereocenters. The van der Waals surface area contributed by atoms with Crippen molar-refractivity contribution in [1.82, 2.24) is 19.9 Å². The standard InChI is InChI=1S/C20H28N6O/c1-16-13-23-20(24-19(16)22-15-17-3-2-6-21-14-17)26-7-4-18(5-8-26)25-9-11-27-12-10-25/h2-3,6,13-14,18H,4-5,7-12,15H2,1H3,(H,22,23,24). The van der Waals surface area contributed by atoms with Crippen LogP contribution in [0.2, 0.25) is 0 Å². The van der Waals surface area contributed by atoms with Crippen LogP contribution in [0.5, 0.6) is 0 Å². The third kappa shape index (κ3) is 4.54. The van der Waals surface area contributed by atoms with Crippen LogP contribution in [-0.4, -0.2) is 65.3 Å². The van der Waals surface area contributed by atoms with Crippen molar-refractivity contribution in [3.8, 4) is 0 Å². The van der Waals surface area contributed by atoms with Crippen LogP contribution < -0.4 is 10.2 Å². The Hall–Kier alpha value is -2.25. The largest absolute Gasteiger partial charge is 0.379 e. The SMILES string of the molecule is Cc1cnc(N2CCC(N3CCOCC3)CC2)nc1NCc1cccnc1. The third-order valence-electron chi connectivity index (χ3n) is 5.45. The first-order valence-electron chi connectivity index (χ1n) is 9.83. The van der Waals surface area contributed by atoms with Gasteiger partial charge < -0.3 is 15.0 Å². The summed E-state index contributed by atoms with van der Waals surface area (Å²) < 4.78 is 5.48. The molecule has 2 aliphatic rings. The number of nitrogens with zero attached hydrogens (tertiary/aromatic N) is 5. The van der Waals surface area contributed by atoms with E-state index in [1.165, 1.54) is 0 Å². The number of nitrogens with one attached hydrogen (secondary N) is 1. The molecule has 2 aromatic heterocycles. The molecule has 0 radical (unpaired) electrons. The molecule has 7 nitrogen and oxygen atoms in total. The van der Waals surface area contributed by atoms with Gasteiger partial charge in [-0.2, -0.15) is 4.98 Å². The Morgan fingerprint density at radius 3 is 2.70 bits per heavy atom. The maximum absolute atomic E-state index is 5.48. The molecule has 4 heterocycles. The predicted molar refractivity (Wildman–Crippen MR) is 106 cm³/mol. The maximum atomic E-state index is 5.48. The molecule has 0 bridgehead atoms. The first-order valence-corrected chi connectivity index (χ1v) is 9.83. The average Bonchev–Trinajstić information content (AvgIpc) is 2.75. The van der Waals surface area contributed by atoms with Gasteiger partial charge in [0.1, 0.15) is 5.82 Å². The zero-order valence-corrected chi connectivity index (χ0v) is 16.0. The number of anilines is 2. The van der Waals surface area contributed by atoms with Crippen molar-refractivity contribution in [3.63, 3.8) is 0 Å². The van der Waals surface area contributed by atoms with Crippen molar-refractivity contribution in [2.24, 2.45) is 0 Å². The number of hydrogen-bond donors (Lipinski definition) is 1. The molecule has 0 spiro atoms. The van der Waals surface area contributed by atoms with Gasteiger partial charge >= 0.3 is 0 Å². The number of piperidine rings is 1. The molecule has 0 unspecified atom stereocenters. The first-order chi connectivity index (χ1) is 13.3. The Kier molecular flexibility index (Phi) is 5.79. The number of ether oxygens (including phenoxy) is 1. The molecule has 2 fully saturated rings. The van der Waals surface area contributed by atoms with E-state index in [1.54, 1.807) is 6.20 Å². The van der Waals surface area contributed by atoms with Gasteiger partial charge in [-0.15, -0.1) is 0 Å². The highest BCUT2D eigenvalue weighted by atomic mass is 16.5. The minimum atomic E-state index is 0.666. The summed E-state index contributed by atoms with van der Waals surface area (Å²) >= 11 is 0. The van der Waals surface area contributed by atoms with Crippen molar-refractivity contribution in [2.45, 2.75) is 32.4 Å². The second kappa shape index (κ2) is 8.63. The lowest BCUT2D eigenvalue weighted by molar-refractivity contribution is 0.0114. The summed E-state index contributed by atoms with van der Waals surface area (Å²) in [5.74, 6) is 1.73. The summed E-state index contributed by atoms with van der Waals surface area (Å²) in [6.07, 6.45) is 7.91. The molecule has 7 heteroatoms. The molecular weight excluding hydrogens is 340 g/mol. The van der Waals surface area contributed by atoms with Crippen LogP contribution in [0.15, 0.2) is 30.7 Å². The maximum Gasteiger partial charge on any atom is 0.227 e. The third-order valence-corrected chi connectivity index (χ3v) is 5.45. The summed E-state index contributed by atoms with van der Waals surface area (Å²) in [5.41, 5.74) is 2.20. The van der Waals surface area contributed by atoms with Crippen LogP contribution in [-0.2, 0) is 11.3 Å². The van der Waals surface area contributed by atoms with Gasteiger partial charge in [-0.25, -0.2) is 4.98 Å². The molecule has 0 amide bonds. The smallest absolute Gasteiger partial charge is 0.227 e. The lowest BCUT2D eigenvalue weighted by atomic mass is 10.0. The fourth-order valence-electron chi connectivity index (χ4n) is 3.83. The number of morpholine rings is 1. The minimum Gasteiger partial charge on any atom is -0.379 e. The van der Waals surface area contributed by atoms with Crippen LogP contribution in [0.25, 0.3) is 0 Å². The highest BCUT2D eigenvalue weighted by Gasteiger charge is 2.27. The topological polar surface area (TPSA) is 66.4 Å². The summed E-state index contributed by atoms with van der Waals surface area (Å²) in [6.45, 7) is 8.63. The van der Waals surface area contributed by atoms with Crippen molar-refractivity contribution in [3.05, 3.63) is 41.9 Å². The summed E-state index contributed by atoms with van der Waals surface area (Å²) in [6, 6.07) is 4.68. The van der Waals surface area contributed by atoms with E-state index in [9.17, 15) is 0 Å². The van der Waals surface area contributed by atoms with Gasteiger partial charge in [-0.3, -0.25) is 9.88 Å². The van der Waals surface area contributed by atoms with E-state index in [1.807, 2.05) is 25.4 Å². The molecule has 144 valence electrons. The lowest BCUT2D eigenvalue weighted by Crippen LogP contribution is -2.49. The molecule has 0 saturated carbocycles. The van der Waals surface area contributed by atoms with E-state index in [0.717, 1.165) is 75.1 Å². The quantitative estimate of drug-likeness (QED) is 0.867. The van der Waals surface area contributed by atoms with Gasteiger partial charge in [0, 0.05) is 62.9 Å². The van der Waals surface area contributed by atoms with E-state index in [4.69, 9.17) is 9.72 Å². The van der Waals surface area contributed by atoms with E-state index in [0.29, 0.717) is 12.6 Å². The molecule has 0 aliphatic carbocycles. The van der Waals surface area contributed by atoms with Crippen molar-refractivity contribution >= 4 is 11.8 Å². The van der Waals surface area contributed by atoms with Gasteiger partial charge in [0.25, 0.3) is 0 Å². The van der Waals surface area contributed by atoms with Crippen molar-refractivity contribution in [1.29, 1.82) is 0 Å². The highest BCUT2D eigenvalue weighted by molar-refractivity contribution is 5.47. The second-order valence-corrected chi connectivity index (χ2v) is 7.28. The first kappa shape index (κ1) is 18.1. The van der Waals surface area contributed by atoms with Crippen LogP contribution >= 0.6 is 0 Å². The highest BCUT2D eigenvalue weighted by Crippen LogP contribution is 2.23. The Balaban J connectivity index is 1.36. The molecule has 2 saturated heterocycles. The Labute approximate surface area is 160 Å². The summed E-state index contributed by atoms with van der Waals surface area (Å²) in [7, 11) is 0. The van der Waals surface area contributed by atoms with E-state index >= 15 is 0 Å². The second-order valence-electron chi connectivity index (χ2n) is 7.28. The monoisotopic (exact) mass is 368 g/mol. The predicted octanol–water partition coefficient (Wildman–Crippen LogP) is 2.09. The number of aryl methyl sites for hydroxylation is 1. The number of pyridine rings is 1. The van der Waals surface area contributed by atoms with Gasteiger partial charge in [-0.1, -0.05) is 6.07 Å². The Morgan fingerprint density at radius 1 is 1.15 bits per heavy atom. The number of rotatable bonds is 5. The normalized spacial score (nSPS) is 19.2. The molecule has 4 rings (SSSR count). The summed E-state index contributed by atoms with van der Waals surface area (Å²) in [4.78, 5) is 18.4. The Morgan fingerprint density at radius 2 is 1.96 bits per heavy atom. The van der Waals surface area contributed by atoms with Crippen LogP contribution in [0.3, 0.4) is 0 Å². The lowest BCUT2D eigenvalue weighted by Gasteiger charge is -2.40. The molecule has 27 heavy (non-hydrogen) atoms. The Bertz CT molecular complexity index is 727.